The predicted molar refractivity (Wildman–Crippen MR) is 83.1 cm³/mol. The van der Waals surface area contributed by atoms with Gasteiger partial charge in [0.1, 0.15) is 5.75 Å². The molecule has 1 aliphatic rings. The first-order chi connectivity index (χ1) is 11.2. The maximum atomic E-state index is 11.5. The number of ether oxygens (including phenoxy) is 1. The van der Waals surface area contributed by atoms with E-state index in [1.54, 1.807) is 24.3 Å². The number of aromatic nitrogens is 3. The summed E-state index contributed by atoms with van der Waals surface area (Å²) >= 11 is 0. The molecule has 6 heteroatoms. The first-order valence-corrected chi connectivity index (χ1v) is 7.11. The summed E-state index contributed by atoms with van der Waals surface area (Å²) in [6.07, 6.45) is 2.17. The fourth-order valence-corrected chi connectivity index (χ4v) is 2.90. The molecule has 2 heterocycles. The van der Waals surface area contributed by atoms with Gasteiger partial charge in [0.2, 0.25) is 0 Å². The van der Waals surface area contributed by atoms with Crippen molar-refractivity contribution >= 4 is 5.97 Å². The lowest BCUT2D eigenvalue weighted by molar-refractivity contribution is 0.0600. The number of carbonyl (C=O) groups excluding carboxylic acids is 1. The molecule has 0 spiro atoms. The van der Waals surface area contributed by atoms with E-state index in [-0.39, 0.29) is 5.75 Å². The van der Waals surface area contributed by atoms with E-state index in [9.17, 15) is 9.90 Å². The van der Waals surface area contributed by atoms with Gasteiger partial charge in [-0.3, -0.25) is 10.1 Å². The molecule has 0 saturated carbocycles. The number of aromatic amines is 1. The largest absolute Gasteiger partial charge is 0.508 e. The molecule has 0 unspecified atom stereocenters. The standard InChI is InChI=1S/C17H13N3O3/c1-23-17(22)9-2-5-14(18-8-9)16-13-7-10-6-11(21)3-4-12(10)15(13)19-20-16/h2-6,8,21H,7H2,1H3,(H,19,20). The molecule has 0 aliphatic heterocycles. The van der Waals surface area contributed by atoms with E-state index in [0.29, 0.717) is 17.7 Å². The summed E-state index contributed by atoms with van der Waals surface area (Å²) in [6.45, 7) is 0. The molecular weight excluding hydrogens is 294 g/mol. The normalized spacial score (nSPS) is 11.9. The number of carbonyl (C=O) groups is 1. The average molecular weight is 307 g/mol. The number of nitrogens with one attached hydrogen (secondary N) is 1. The number of benzene rings is 1. The summed E-state index contributed by atoms with van der Waals surface area (Å²) < 4.78 is 4.67. The fraction of sp³-hybridized carbons (Fsp3) is 0.118. The topological polar surface area (TPSA) is 88.1 Å². The Kier molecular flexibility index (Phi) is 2.90. The first-order valence-electron chi connectivity index (χ1n) is 7.11. The van der Waals surface area contributed by atoms with E-state index < -0.39 is 5.97 Å². The van der Waals surface area contributed by atoms with Crippen LogP contribution in [0.4, 0.5) is 0 Å². The van der Waals surface area contributed by atoms with Gasteiger partial charge in [-0.15, -0.1) is 0 Å². The van der Waals surface area contributed by atoms with Crippen LogP contribution < -0.4 is 0 Å². The number of H-pyrrole nitrogens is 1. The summed E-state index contributed by atoms with van der Waals surface area (Å²) in [5.41, 5.74) is 5.93. The monoisotopic (exact) mass is 307 g/mol. The minimum absolute atomic E-state index is 0.250. The van der Waals surface area contributed by atoms with Gasteiger partial charge in [0.05, 0.1) is 29.8 Å². The lowest BCUT2D eigenvalue weighted by Gasteiger charge is -2.02. The number of rotatable bonds is 2. The number of phenolic OH excluding ortho intramolecular Hbond substituents is 1. The first kappa shape index (κ1) is 13.5. The van der Waals surface area contributed by atoms with Gasteiger partial charge in [0.15, 0.2) is 0 Å². The lowest BCUT2D eigenvalue weighted by atomic mass is 10.1. The number of methoxy groups -OCH3 is 1. The van der Waals surface area contributed by atoms with Crippen LogP contribution >= 0.6 is 0 Å². The van der Waals surface area contributed by atoms with E-state index in [1.807, 2.05) is 6.07 Å². The summed E-state index contributed by atoms with van der Waals surface area (Å²) in [6, 6.07) is 8.73. The molecule has 0 atom stereocenters. The third-order valence-corrected chi connectivity index (χ3v) is 4.02. The Bertz CT molecular complexity index is 913. The van der Waals surface area contributed by atoms with Crippen LogP contribution in [0.2, 0.25) is 0 Å². The van der Waals surface area contributed by atoms with E-state index in [2.05, 4.69) is 19.9 Å². The third-order valence-electron chi connectivity index (χ3n) is 4.02. The molecule has 6 nitrogen and oxygen atoms in total. The third kappa shape index (κ3) is 2.07. The quantitative estimate of drug-likeness (QED) is 0.556. The number of phenols is 1. The molecule has 1 aromatic carbocycles. The van der Waals surface area contributed by atoms with E-state index in [0.717, 1.165) is 28.1 Å². The molecule has 0 bridgehead atoms. The number of pyridine rings is 1. The number of esters is 1. The van der Waals surface area contributed by atoms with Gasteiger partial charge in [-0.2, -0.15) is 5.10 Å². The van der Waals surface area contributed by atoms with Gasteiger partial charge in [-0.1, -0.05) is 0 Å². The summed E-state index contributed by atoms with van der Waals surface area (Å²) in [4.78, 5) is 15.8. The van der Waals surface area contributed by atoms with Gasteiger partial charge >= 0.3 is 5.97 Å². The zero-order valence-electron chi connectivity index (χ0n) is 12.3. The molecular formula is C17H13N3O3. The van der Waals surface area contributed by atoms with Crippen LogP contribution in [0.15, 0.2) is 36.5 Å². The van der Waals surface area contributed by atoms with Crippen LogP contribution in [0.5, 0.6) is 5.75 Å². The van der Waals surface area contributed by atoms with Crippen molar-refractivity contribution in [3.8, 4) is 28.4 Å². The van der Waals surface area contributed by atoms with Crippen LogP contribution in [0.1, 0.15) is 21.5 Å². The van der Waals surface area contributed by atoms with Crippen LogP contribution in [-0.4, -0.2) is 33.4 Å². The van der Waals surface area contributed by atoms with Crippen molar-refractivity contribution < 1.29 is 14.6 Å². The minimum Gasteiger partial charge on any atom is -0.508 e. The highest BCUT2D eigenvalue weighted by molar-refractivity contribution is 5.89. The molecule has 0 radical (unpaired) electrons. The van der Waals surface area contributed by atoms with Crippen molar-refractivity contribution in [1.29, 1.82) is 0 Å². The van der Waals surface area contributed by atoms with Crippen LogP contribution in [0.3, 0.4) is 0 Å². The van der Waals surface area contributed by atoms with E-state index >= 15 is 0 Å². The second kappa shape index (κ2) is 4.95. The van der Waals surface area contributed by atoms with E-state index in [1.165, 1.54) is 13.3 Å². The predicted octanol–water partition coefficient (Wildman–Crippen LogP) is 2.54. The van der Waals surface area contributed by atoms with Crippen LogP contribution in [0.25, 0.3) is 22.6 Å². The molecule has 4 rings (SSSR count). The van der Waals surface area contributed by atoms with Crippen molar-refractivity contribution in [1.82, 2.24) is 15.2 Å². The number of fused-ring (bicyclic) bond motifs is 3. The average Bonchev–Trinajstić information content (AvgIpc) is 3.12. The van der Waals surface area contributed by atoms with Gasteiger partial charge in [-0.05, 0) is 35.9 Å². The zero-order chi connectivity index (χ0) is 16.0. The van der Waals surface area contributed by atoms with Crippen molar-refractivity contribution in [2.24, 2.45) is 0 Å². The number of aromatic hydroxyl groups is 1. The Balaban J connectivity index is 1.73. The molecule has 114 valence electrons. The SMILES string of the molecule is COC(=O)c1ccc(-c2[nH]nc3c2Cc2cc(O)ccc2-3)nc1. The minimum atomic E-state index is -0.415. The number of hydrogen-bond donors (Lipinski definition) is 2. The van der Waals surface area contributed by atoms with Gasteiger partial charge in [-0.25, -0.2) is 4.79 Å². The Morgan fingerprint density at radius 3 is 2.91 bits per heavy atom. The van der Waals surface area contributed by atoms with E-state index in [4.69, 9.17) is 0 Å². The second-order valence-electron chi connectivity index (χ2n) is 5.37. The molecule has 2 N–H and O–H groups in total. The number of nitrogens with zero attached hydrogens (tertiary/aromatic N) is 2. The Hall–Kier alpha value is -3.15. The smallest absolute Gasteiger partial charge is 0.339 e. The molecule has 2 aromatic heterocycles. The maximum absolute atomic E-state index is 11.5. The van der Waals surface area contributed by atoms with Crippen LogP contribution in [0, 0.1) is 0 Å². The Morgan fingerprint density at radius 1 is 1.30 bits per heavy atom. The molecule has 1 aliphatic carbocycles. The van der Waals surface area contributed by atoms with Crippen molar-refractivity contribution in [2.45, 2.75) is 6.42 Å². The van der Waals surface area contributed by atoms with Crippen molar-refractivity contribution in [3.05, 3.63) is 53.2 Å². The molecule has 0 fully saturated rings. The highest BCUT2D eigenvalue weighted by atomic mass is 16.5. The molecule has 3 aromatic rings. The van der Waals surface area contributed by atoms with Gasteiger partial charge in [0.25, 0.3) is 0 Å². The van der Waals surface area contributed by atoms with Gasteiger partial charge in [0, 0.05) is 23.7 Å². The summed E-state index contributed by atoms with van der Waals surface area (Å²) in [5.74, 6) is -0.165. The fourth-order valence-electron chi connectivity index (χ4n) is 2.90. The molecule has 0 saturated heterocycles. The lowest BCUT2D eigenvalue weighted by Crippen LogP contribution is -2.01. The summed E-state index contributed by atoms with van der Waals surface area (Å²) in [5, 5.41) is 17.0. The maximum Gasteiger partial charge on any atom is 0.339 e. The van der Waals surface area contributed by atoms with Crippen molar-refractivity contribution in [2.75, 3.05) is 7.11 Å². The Morgan fingerprint density at radius 2 is 2.17 bits per heavy atom. The molecule has 0 amide bonds. The Labute approximate surface area is 131 Å². The second-order valence-corrected chi connectivity index (χ2v) is 5.37. The van der Waals surface area contributed by atoms with Crippen molar-refractivity contribution in [3.63, 3.8) is 0 Å². The van der Waals surface area contributed by atoms with Gasteiger partial charge < -0.3 is 9.84 Å². The van der Waals surface area contributed by atoms with Crippen LogP contribution in [-0.2, 0) is 11.2 Å². The zero-order valence-corrected chi connectivity index (χ0v) is 12.3. The highest BCUT2D eigenvalue weighted by Gasteiger charge is 2.26. The number of hydrogen-bond acceptors (Lipinski definition) is 5. The molecule has 23 heavy (non-hydrogen) atoms. The highest BCUT2D eigenvalue weighted by Crippen LogP contribution is 2.40. The summed E-state index contributed by atoms with van der Waals surface area (Å²) in [7, 11) is 1.34.